The molecule has 4 heteroatoms. The average molecular weight is 288 g/mol. The van der Waals surface area contributed by atoms with E-state index in [9.17, 15) is 4.79 Å². The number of rotatable bonds is 5. The first-order valence-electron chi connectivity index (χ1n) is 6.71. The van der Waals surface area contributed by atoms with Crippen LogP contribution in [0.2, 0.25) is 0 Å². The maximum absolute atomic E-state index is 12.3. The van der Waals surface area contributed by atoms with Crippen molar-refractivity contribution in [1.29, 1.82) is 0 Å². The maximum atomic E-state index is 12.3. The predicted molar refractivity (Wildman–Crippen MR) is 85.5 cm³/mol. The van der Waals surface area contributed by atoms with E-state index in [0.717, 1.165) is 17.8 Å². The van der Waals surface area contributed by atoms with E-state index in [1.54, 1.807) is 16.2 Å². The molecular weight excluding hydrogens is 268 g/mol. The van der Waals surface area contributed by atoms with Crippen molar-refractivity contribution in [3.63, 3.8) is 0 Å². The van der Waals surface area contributed by atoms with Crippen molar-refractivity contribution in [3.8, 4) is 0 Å². The first-order chi connectivity index (χ1) is 9.61. The van der Waals surface area contributed by atoms with Crippen molar-refractivity contribution in [2.75, 3.05) is 25.5 Å². The number of anilines is 1. The number of thiophene rings is 1. The second-order valence-corrected chi connectivity index (χ2v) is 5.83. The summed E-state index contributed by atoms with van der Waals surface area (Å²) in [7, 11) is 3.88. The number of hydrogen-bond acceptors (Lipinski definition) is 3. The molecule has 0 aliphatic heterocycles. The van der Waals surface area contributed by atoms with Crippen LogP contribution in [0, 0.1) is 0 Å². The second-order valence-electron chi connectivity index (χ2n) is 4.80. The molecule has 0 bridgehead atoms. The molecule has 0 N–H and O–H groups in total. The van der Waals surface area contributed by atoms with Crippen molar-refractivity contribution in [2.45, 2.75) is 13.5 Å². The third kappa shape index (κ3) is 3.39. The van der Waals surface area contributed by atoms with E-state index >= 15 is 0 Å². The van der Waals surface area contributed by atoms with Crippen molar-refractivity contribution in [3.05, 3.63) is 52.2 Å². The summed E-state index contributed by atoms with van der Waals surface area (Å²) in [5.74, 6) is 0.0594. The van der Waals surface area contributed by atoms with Crippen LogP contribution in [0.5, 0.6) is 0 Å². The van der Waals surface area contributed by atoms with Crippen LogP contribution in [0.1, 0.15) is 22.2 Å². The summed E-state index contributed by atoms with van der Waals surface area (Å²) in [5, 5.41) is 2.03. The first-order valence-corrected chi connectivity index (χ1v) is 7.59. The Morgan fingerprint density at radius 1 is 1.15 bits per heavy atom. The van der Waals surface area contributed by atoms with Gasteiger partial charge in [0.05, 0.1) is 6.54 Å². The number of benzene rings is 1. The minimum absolute atomic E-state index is 0.0594. The standard InChI is InChI=1S/C16H20N2OS/c1-4-17(2)14-9-7-13(8-10-14)16(19)18(3)12-15-6-5-11-20-15/h5-11H,4,12H2,1-3H3. The van der Waals surface area contributed by atoms with E-state index in [0.29, 0.717) is 6.54 Å². The van der Waals surface area contributed by atoms with E-state index in [1.165, 1.54) is 4.88 Å². The van der Waals surface area contributed by atoms with Crippen molar-refractivity contribution in [1.82, 2.24) is 4.90 Å². The van der Waals surface area contributed by atoms with Gasteiger partial charge in [-0.3, -0.25) is 4.79 Å². The van der Waals surface area contributed by atoms with Crippen LogP contribution in [-0.4, -0.2) is 31.4 Å². The predicted octanol–water partition coefficient (Wildman–Crippen LogP) is 3.48. The summed E-state index contributed by atoms with van der Waals surface area (Å²) in [6, 6.07) is 11.8. The van der Waals surface area contributed by atoms with Gasteiger partial charge in [0.15, 0.2) is 0 Å². The van der Waals surface area contributed by atoms with Gasteiger partial charge in [0, 0.05) is 36.8 Å². The highest BCUT2D eigenvalue weighted by Gasteiger charge is 2.12. The zero-order valence-electron chi connectivity index (χ0n) is 12.2. The highest BCUT2D eigenvalue weighted by atomic mass is 32.1. The number of amides is 1. The molecule has 2 rings (SSSR count). The molecule has 0 radical (unpaired) electrons. The minimum Gasteiger partial charge on any atom is -0.375 e. The van der Waals surface area contributed by atoms with Gasteiger partial charge in [-0.15, -0.1) is 11.3 Å². The van der Waals surface area contributed by atoms with Crippen LogP contribution in [0.4, 0.5) is 5.69 Å². The molecule has 2 aromatic rings. The Balaban J connectivity index is 2.05. The van der Waals surface area contributed by atoms with Gasteiger partial charge >= 0.3 is 0 Å². The molecule has 0 atom stereocenters. The molecule has 0 saturated heterocycles. The molecule has 0 spiro atoms. The molecule has 3 nitrogen and oxygen atoms in total. The van der Waals surface area contributed by atoms with Gasteiger partial charge in [-0.1, -0.05) is 6.07 Å². The van der Waals surface area contributed by atoms with Gasteiger partial charge in [-0.2, -0.15) is 0 Å². The zero-order valence-corrected chi connectivity index (χ0v) is 13.0. The Hall–Kier alpha value is -1.81. The van der Waals surface area contributed by atoms with E-state index in [-0.39, 0.29) is 5.91 Å². The lowest BCUT2D eigenvalue weighted by Crippen LogP contribution is -2.25. The molecule has 1 amide bonds. The third-order valence-corrected chi connectivity index (χ3v) is 4.21. The molecule has 106 valence electrons. The Kier molecular flexibility index (Phi) is 4.79. The molecular formula is C16H20N2OS. The van der Waals surface area contributed by atoms with Crippen LogP contribution < -0.4 is 4.90 Å². The Morgan fingerprint density at radius 3 is 2.40 bits per heavy atom. The second kappa shape index (κ2) is 6.57. The van der Waals surface area contributed by atoms with E-state index < -0.39 is 0 Å². The molecule has 0 saturated carbocycles. The fourth-order valence-electron chi connectivity index (χ4n) is 1.97. The number of carbonyl (C=O) groups is 1. The third-order valence-electron chi connectivity index (χ3n) is 3.35. The van der Waals surface area contributed by atoms with Gasteiger partial charge in [-0.05, 0) is 42.6 Å². The summed E-state index contributed by atoms with van der Waals surface area (Å²) in [6.45, 7) is 3.71. The van der Waals surface area contributed by atoms with Crippen LogP contribution in [-0.2, 0) is 6.54 Å². The summed E-state index contributed by atoms with van der Waals surface area (Å²) in [4.78, 5) is 17.4. The number of hydrogen-bond donors (Lipinski definition) is 0. The molecule has 1 aromatic heterocycles. The summed E-state index contributed by atoms with van der Waals surface area (Å²) < 4.78 is 0. The quantitative estimate of drug-likeness (QED) is 0.841. The molecule has 0 aliphatic rings. The highest BCUT2D eigenvalue weighted by molar-refractivity contribution is 7.09. The fraction of sp³-hybridized carbons (Fsp3) is 0.312. The van der Waals surface area contributed by atoms with Crippen LogP contribution >= 0.6 is 11.3 Å². The highest BCUT2D eigenvalue weighted by Crippen LogP contribution is 2.16. The zero-order chi connectivity index (χ0) is 14.5. The SMILES string of the molecule is CCN(C)c1ccc(C(=O)N(C)Cc2cccs2)cc1. The number of nitrogens with zero attached hydrogens (tertiary/aromatic N) is 2. The van der Waals surface area contributed by atoms with E-state index in [1.807, 2.05) is 55.9 Å². The smallest absolute Gasteiger partial charge is 0.253 e. The monoisotopic (exact) mass is 288 g/mol. The van der Waals surface area contributed by atoms with Crippen LogP contribution in [0.25, 0.3) is 0 Å². The van der Waals surface area contributed by atoms with Gasteiger partial charge in [0.1, 0.15) is 0 Å². The van der Waals surface area contributed by atoms with Gasteiger partial charge in [0.2, 0.25) is 0 Å². The lowest BCUT2D eigenvalue weighted by atomic mass is 10.1. The Bertz CT molecular complexity index is 548. The topological polar surface area (TPSA) is 23.6 Å². The van der Waals surface area contributed by atoms with E-state index in [4.69, 9.17) is 0 Å². The largest absolute Gasteiger partial charge is 0.375 e. The van der Waals surface area contributed by atoms with Crippen molar-refractivity contribution >= 4 is 22.9 Å². The molecule has 1 aromatic carbocycles. The molecule has 0 aliphatic carbocycles. The van der Waals surface area contributed by atoms with Gasteiger partial charge < -0.3 is 9.80 Å². The average Bonchev–Trinajstić information content (AvgIpc) is 2.98. The van der Waals surface area contributed by atoms with Gasteiger partial charge in [-0.25, -0.2) is 0 Å². The molecule has 0 unspecified atom stereocenters. The van der Waals surface area contributed by atoms with E-state index in [2.05, 4.69) is 11.8 Å². The summed E-state index contributed by atoms with van der Waals surface area (Å²) in [5.41, 5.74) is 1.86. The fourth-order valence-corrected chi connectivity index (χ4v) is 2.73. The summed E-state index contributed by atoms with van der Waals surface area (Å²) >= 11 is 1.67. The first kappa shape index (κ1) is 14.6. The van der Waals surface area contributed by atoms with Crippen LogP contribution in [0.15, 0.2) is 41.8 Å². The van der Waals surface area contributed by atoms with Crippen molar-refractivity contribution in [2.24, 2.45) is 0 Å². The number of carbonyl (C=O) groups excluding carboxylic acids is 1. The Labute approximate surface area is 124 Å². The minimum atomic E-state index is 0.0594. The Morgan fingerprint density at radius 2 is 1.85 bits per heavy atom. The maximum Gasteiger partial charge on any atom is 0.253 e. The van der Waals surface area contributed by atoms with Gasteiger partial charge in [0.25, 0.3) is 5.91 Å². The lowest BCUT2D eigenvalue weighted by molar-refractivity contribution is 0.0786. The molecule has 1 heterocycles. The normalized spacial score (nSPS) is 10.3. The van der Waals surface area contributed by atoms with Crippen LogP contribution in [0.3, 0.4) is 0 Å². The molecule has 20 heavy (non-hydrogen) atoms. The molecule has 0 fully saturated rings. The summed E-state index contributed by atoms with van der Waals surface area (Å²) in [6.07, 6.45) is 0. The van der Waals surface area contributed by atoms with Crippen molar-refractivity contribution < 1.29 is 4.79 Å². The lowest BCUT2D eigenvalue weighted by Gasteiger charge is -2.19.